The highest BCUT2D eigenvalue weighted by Crippen LogP contribution is 2.37. The van der Waals surface area contributed by atoms with Crippen molar-refractivity contribution < 1.29 is 0 Å². The van der Waals surface area contributed by atoms with Crippen molar-refractivity contribution in [1.29, 1.82) is 0 Å². The summed E-state index contributed by atoms with van der Waals surface area (Å²) < 4.78 is 0. The van der Waals surface area contributed by atoms with Gasteiger partial charge in [-0.25, -0.2) is 0 Å². The Labute approximate surface area is 213 Å². The summed E-state index contributed by atoms with van der Waals surface area (Å²) in [5.74, 6) is 0. The van der Waals surface area contributed by atoms with Gasteiger partial charge >= 0.3 is 0 Å². The van der Waals surface area contributed by atoms with Crippen molar-refractivity contribution in [3.63, 3.8) is 0 Å². The molecule has 0 bridgehead atoms. The van der Waals surface area contributed by atoms with Crippen molar-refractivity contribution in [3.8, 4) is 11.1 Å². The van der Waals surface area contributed by atoms with Crippen LogP contribution in [0.15, 0.2) is 133 Å². The molecular weight excluding hydrogens is 436 g/mol. The van der Waals surface area contributed by atoms with Crippen LogP contribution in [0.5, 0.6) is 0 Å². The lowest BCUT2D eigenvalue weighted by Gasteiger charge is -2.17. The highest BCUT2D eigenvalue weighted by molar-refractivity contribution is 6.03. The molecule has 0 heterocycles. The standard InChI is InChI=1S/C34H30N2/c35-24-26-16-18-28(19-17-26)32-22-21-27-11-7-8-14-31(27)34(32)30(20-15-25-9-3-1-4-10-25)23-33(36)29-12-5-2-6-13-29/h1-14,16-23H,15,24,35-36H2/b30-20+,33-23-. The molecule has 5 aromatic rings. The molecule has 0 fully saturated rings. The average Bonchev–Trinajstić information content (AvgIpc) is 2.95. The maximum atomic E-state index is 6.68. The molecule has 0 aliphatic carbocycles. The lowest BCUT2D eigenvalue weighted by molar-refractivity contribution is 1.07. The maximum Gasteiger partial charge on any atom is 0.0393 e. The van der Waals surface area contributed by atoms with Crippen molar-refractivity contribution in [2.75, 3.05) is 0 Å². The second-order valence-corrected chi connectivity index (χ2v) is 8.93. The zero-order valence-electron chi connectivity index (χ0n) is 20.3. The van der Waals surface area contributed by atoms with Crippen molar-refractivity contribution in [1.82, 2.24) is 0 Å². The predicted octanol–water partition coefficient (Wildman–Crippen LogP) is 7.59. The van der Waals surface area contributed by atoms with Gasteiger partial charge in [-0.3, -0.25) is 0 Å². The molecule has 5 rings (SSSR count). The van der Waals surface area contributed by atoms with E-state index in [0.29, 0.717) is 6.54 Å². The normalized spacial score (nSPS) is 12.1. The fourth-order valence-corrected chi connectivity index (χ4v) is 4.60. The first kappa shape index (κ1) is 23.3. The molecule has 36 heavy (non-hydrogen) atoms. The Kier molecular flexibility index (Phi) is 7.07. The van der Waals surface area contributed by atoms with E-state index in [1.165, 1.54) is 27.5 Å². The highest BCUT2D eigenvalue weighted by atomic mass is 14.6. The van der Waals surface area contributed by atoms with E-state index in [0.717, 1.165) is 34.4 Å². The summed E-state index contributed by atoms with van der Waals surface area (Å²) >= 11 is 0. The Morgan fingerprint density at radius 1 is 0.639 bits per heavy atom. The summed E-state index contributed by atoms with van der Waals surface area (Å²) in [6.07, 6.45) is 5.23. The van der Waals surface area contributed by atoms with Crippen LogP contribution in [0, 0.1) is 0 Å². The summed E-state index contributed by atoms with van der Waals surface area (Å²) in [4.78, 5) is 0. The quantitative estimate of drug-likeness (QED) is 0.243. The van der Waals surface area contributed by atoms with Crippen LogP contribution in [-0.2, 0) is 13.0 Å². The van der Waals surface area contributed by atoms with Crippen LogP contribution < -0.4 is 11.5 Å². The predicted molar refractivity (Wildman–Crippen MR) is 154 cm³/mol. The second-order valence-electron chi connectivity index (χ2n) is 8.93. The van der Waals surface area contributed by atoms with Crippen LogP contribution in [0.1, 0.15) is 22.3 Å². The first-order chi connectivity index (χ1) is 17.7. The Morgan fingerprint density at radius 2 is 1.31 bits per heavy atom. The number of hydrogen-bond donors (Lipinski definition) is 2. The van der Waals surface area contributed by atoms with E-state index in [1.54, 1.807) is 0 Å². The van der Waals surface area contributed by atoms with E-state index in [-0.39, 0.29) is 0 Å². The van der Waals surface area contributed by atoms with Crippen LogP contribution in [-0.4, -0.2) is 0 Å². The monoisotopic (exact) mass is 466 g/mol. The fraction of sp³-hybridized carbons (Fsp3) is 0.0588. The number of hydrogen-bond acceptors (Lipinski definition) is 2. The summed E-state index contributed by atoms with van der Waals surface area (Å²) in [6, 6.07) is 42.2. The van der Waals surface area contributed by atoms with Gasteiger partial charge in [0.25, 0.3) is 0 Å². The highest BCUT2D eigenvalue weighted by Gasteiger charge is 2.14. The smallest absolute Gasteiger partial charge is 0.0393 e. The van der Waals surface area contributed by atoms with Crippen molar-refractivity contribution in [2.24, 2.45) is 11.5 Å². The third-order valence-electron chi connectivity index (χ3n) is 6.54. The second kappa shape index (κ2) is 10.9. The van der Waals surface area contributed by atoms with Crippen LogP contribution in [0.2, 0.25) is 0 Å². The molecule has 0 amide bonds. The van der Waals surface area contributed by atoms with E-state index in [4.69, 9.17) is 11.5 Å². The minimum atomic E-state index is 0.531. The molecule has 2 nitrogen and oxygen atoms in total. The average molecular weight is 467 g/mol. The number of benzene rings is 5. The van der Waals surface area contributed by atoms with Gasteiger partial charge in [0.2, 0.25) is 0 Å². The van der Waals surface area contributed by atoms with E-state index in [9.17, 15) is 0 Å². The summed E-state index contributed by atoms with van der Waals surface area (Å²) in [7, 11) is 0. The molecule has 0 aromatic heterocycles. The molecule has 0 spiro atoms. The third kappa shape index (κ3) is 5.14. The Balaban J connectivity index is 1.73. The summed E-state index contributed by atoms with van der Waals surface area (Å²) in [5.41, 5.74) is 21.3. The van der Waals surface area contributed by atoms with E-state index < -0.39 is 0 Å². The molecule has 0 aliphatic heterocycles. The van der Waals surface area contributed by atoms with Gasteiger partial charge in [0.1, 0.15) is 0 Å². The number of fused-ring (bicyclic) bond motifs is 1. The maximum absolute atomic E-state index is 6.68. The first-order valence-electron chi connectivity index (χ1n) is 12.3. The van der Waals surface area contributed by atoms with E-state index in [2.05, 4.69) is 115 Å². The van der Waals surface area contributed by atoms with Gasteiger partial charge in [0.05, 0.1) is 0 Å². The van der Waals surface area contributed by atoms with E-state index >= 15 is 0 Å². The lowest BCUT2D eigenvalue weighted by atomic mass is 9.88. The Hall–Kier alpha value is -4.40. The molecule has 4 N–H and O–H groups in total. The molecule has 2 heteroatoms. The summed E-state index contributed by atoms with van der Waals surface area (Å²) in [5, 5.41) is 2.40. The van der Waals surface area contributed by atoms with Gasteiger partial charge < -0.3 is 11.5 Å². The van der Waals surface area contributed by atoms with Crippen LogP contribution in [0.25, 0.3) is 33.2 Å². The van der Waals surface area contributed by atoms with Crippen LogP contribution in [0.3, 0.4) is 0 Å². The number of nitrogens with two attached hydrogens (primary N) is 2. The molecule has 176 valence electrons. The molecule has 0 radical (unpaired) electrons. The van der Waals surface area contributed by atoms with Crippen LogP contribution >= 0.6 is 0 Å². The van der Waals surface area contributed by atoms with Gasteiger partial charge in [0.15, 0.2) is 0 Å². The minimum absolute atomic E-state index is 0.531. The Bertz CT molecular complexity index is 1510. The molecule has 0 saturated heterocycles. The lowest BCUT2D eigenvalue weighted by Crippen LogP contribution is -1.99. The number of rotatable bonds is 7. The molecule has 5 aromatic carbocycles. The topological polar surface area (TPSA) is 52.0 Å². The minimum Gasteiger partial charge on any atom is -0.398 e. The van der Waals surface area contributed by atoms with Crippen molar-refractivity contribution in [2.45, 2.75) is 13.0 Å². The van der Waals surface area contributed by atoms with Gasteiger partial charge in [-0.15, -0.1) is 0 Å². The first-order valence-corrected chi connectivity index (χ1v) is 12.3. The molecule has 0 saturated carbocycles. The van der Waals surface area contributed by atoms with Gasteiger partial charge in [-0.2, -0.15) is 0 Å². The third-order valence-corrected chi connectivity index (χ3v) is 6.54. The fourth-order valence-electron chi connectivity index (χ4n) is 4.60. The zero-order chi connectivity index (χ0) is 24.7. The Morgan fingerprint density at radius 3 is 2.03 bits per heavy atom. The largest absolute Gasteiger partial charge is 0.398 e. The summed E-state index contributed by atoms with van der Waals surface area (Å²) in [6.45, 7) is 0.531. The molecule has 0 unspecified atom stereocenters. The number of allylic oxidation sites excluding steroid dienone is 3. The van der Waals surface area contributed by atoms with E-state index in [1.807, 2.05) is 18.2 Å². The SMILES string of the molecule is NCc1ccc(-c2ccc3ccccc3c2C(/C=C(\N)c2ccccc2)=C/Cc2ccccc2)cc1. The van der Waals surface area contributed by atoms with Gasteiger partial charge in [0, 0.05) is 12.2 Å². The van der Waals surface area contributed by atoms with Crippen LogP contribution in [0.4, 0.5) is 0 Å². The van der Waals surface area contributed by atoms with Gasteiger partial charge in [-0.1, -0.05) is 127 Å². The molecule has 0 aliphatic rings. The van der Waals surface area contributed by atoms with Crippen molar-refractivity contribution in [3.05, 3.63) is 156 Å². The molecular formula is C34H30N2. The molecule has 0 atom stereocenters. The zero-order valence-corrected chi connectivity index (χ0v) is 20.3. The van der Waals surface area contributed by atoms with Crippen molar-refractivity contribution >= 4 is 22.0 Å². The van der Waals surface area contributed by atoms with Gasteiger partial charge in [-0.05, 0) is 62.2 Å².